The van der Waals surface area contributed by atoms with Crippen LogP contribution in [0.2, 0.25) is 0 Å². The minimum absolute atomic E-state index is 0.0674. The zero-order valence-corrected chi connectivity index (χ0v) is 36.7. The van der Waals surface area contributed by atoms with Crippen LogP contribution in [0.25, 0.3) is 32.9 Å². The average Bonchev–Trinajstić information content (AvgIpc) is 3.78. The number of halogens is 3. The van der Waals surface area contributed by atoms with Crippen LogP contribution in [0.4, 0.5) is 23.8 Å². The molecule has 4 aromatic rings. The fourth-order valence-electron chi connectivity index (χ4n) is 9.56. The van der Waals surface area contributed by atoms with Crippen LogP contribution in [-0.4, -0.2) is 139 Å². The number of pyridine rings is 1. The Morgan fingerprint density at radius 1 is 1.09 bits per heavy atom. The SMILES string of the molecule is COCOc1cc(-c2nc3c4c(nc(OC[C@@]56CCCN5C[C@H](F)C6)nc4c2F)N2C[C@H]4CC[C@@H]([C@@H]2CO3)N4C(=O)OC(C)(C)C)c2c(C#[C][Tl])c(F)ccc2c1. The third kappa shape index (κ3) is 6.68. The summed E-state index contributed by atoms with van der Waals surface area (Å²) in [5.74, 6) is 2.38. The molecule has 9 rings (SSSR count). The van der Waals surface area contributed by atoms with Gasteiger partial charge in [0.25, 0.3) is 0 Å². The summed E-state index contributed by atoms with van der Waals surface area (Å²) in [5, 5.41) is 1.17. The van der Waals surface area contributed by atoms with Gasteiger partial charge in [-0.15, -0.1) is 0 Å². The first kappa shape index (κ1) is 38.4. The maximum absolute atomic E-state index is 17.6. The number of benzene rings is 2. The minimum atomic E-state index is -0.965. The molecule has 5 aliphatic heterocycles. The van der Waals surface area contributed by atoms with Crippen LogP contribution >= 0.6 is 0 Å². The van der Waals surface area contributed by atoms with E-state index in [2.05, 4.69) is 19.2 Å². The number of piperazine rings is 1. The molecule has 2 aromatic carbocycles. The van der Waals surface area contributed by atoms with E-state index in [-0.39, 0.29) is 97.5 Å². The molecule has 0 saturated carbocycles. The Balaban J connectivity index is 1.22. The van der Waals surface area contributed by atoms with E-state index in [0.29, 0.717) is 48.3 Å². The summed E-state index contributed by atoms with van der Waals surface area (Å²) in [5.41, 5.74) is -1.11. The van der Waals surface area contributed by atoms with E-state index in [1.807, 2.05) is 25.7 Å². The standard InChI is InChI=1S/C41H42F3N6O6.Tl/c1-6-26-28(43)10-8-22-14-25(55-21-52-5)15-27(31(22)26)34-33(44)35-32-36(47-38(46-35)54-20-41-12-7-13-48(41)17-23(42)16-41)49-18-24-9-11-29(30(49)19-53-37(32)45-34)50(24)39(51)56-40(2,3)4;/h8,10,14-15,23-24,29-30H,7,9,11-13,16-21H2,2-5H3;/t23-,24-,29+,30+,41+;/m1./s1. The van der Waals surface area contributed by atoms with E-state index in [9.17, 15) is 9.18 Å². The van der Waals surface area contributed by atoms with Crippen molar-refractivity contribution in [3.05, 3.63) is 41.5 Å². The number of methoxy groups -OCH3 is 1. The predicted molar refractivity (Wildman–Crippen MR) is 205 cm³/mol. The molecule has 7 heterocycles. The number of ether oxygens (including phenoxy) is 5. The molecule has 0 unspecified atom stereocenters. The molecule has 2 bridgehead atoms. The molecule has 2 aromatic heterocycles. The fourth-order valence-corrected chi connectivity index (χ4v) is 10.1. The molecular formula is C41H42F3N6O6Tl. The molecule has 1 amide bonds. The summed E-state index contributed by atoms with van der Waals surface area (Å²) in [6.45, 7) is 7.17. The van der Waals surface area contributed by atoms with Crippen molar-refractivity contribution in [3.63, 3.8) is 0 Å². The Labute approximate surface area is 344 Å². The number of hydrogen-bond donors (Lipinski definition) is 0. The normalized spacial score (nSPS) is 25.1. The van der Waals surface area contributed by atoms with Crippen molar-refractivity contribution < 1.29 is 41.7 Å². The Morgan fingerprint density at radius 3 is 2.72 bits per heavy atom. The van der Waals surface area contributed by atoms with Crippen LogP contribution in [0.1, 0.15) is 58.4 Å². The van der Waals surface area contributed by atoms with E-state index >= 15 is 8.78 Å². The van der Waals surface area contributed by atoms with E-state index < -0.39 is 41.1 Å². The van der Waals surface area contributed by atoms with Crippen molar-refractivity contribution in [3.8, 4) is 38.3 Å². The topological polar surface area (TPSA) is 112 Å². The number of alkyl halides is 1. The van der Waals surface area contributed by atoms with E-state index in [4.69, 9.17) is 38.6 Å². The molecule has 0 aliphatic carbocycles. The van der Waals surface area contributed by atoms with Crippen LogP contribution in [-0.2, 0) is 9.47 Å². The summed E-state index contributed by atoms with van der Waals surface area (Å²) < 4.78 is 80.7. The Morgan fingerprint density at radius 2 is 1.93 bits per heavy atom. The van der Waals surface area contributed by atoms with Gasteiger partial charge in [0.1, 0.15) is 11.8 Å². The average molecular weight is 976 g/mol. The molecule has 57 heavy (non-hydrogen) atoms. The fraction of sp³-hybridized carbons (Fsp3) is 0.512. The van der Waals surface area contributed by atoms with Gasteiger partial charge in [-0.2, -0.15) is 0 Å². The number of amides is 1. The van der Waals surface area contributed by atoms with Gasteiger partial charge in [0.05, 0.1) is 11.6 Å². The number of nitrogens with zero attached hydrogens (tertiary/aromatic N) is 6. The Kier molecular flexibility index (Phi) is 9.83. The molecule has 296 valence electrons. The van der Waals surface area contributed by atoms with Gasteiger partial charge in [0.2, 0.25) is 0 Å². The van der Waals surface area contributed by atoms with Crippen molar-refractivity contribution in [2.24, 2.45) is 0 Å². The number of carbonyl (C=O) groups excluding carboxylic acids is 1. The van der Waals surface area contributed by atoms with Gasteiger partial charge in [-0.25, -0.2) is 9.18 Å². The monoisotopic (exact) mass is 976 g/mol. The number of rotatable bonds is 7. The molecule has 4 saturated heterocycles. The first-order valence-electron chi connectivity index (χ1n) is 19.3. The number of carbonyl (C=O) groups is 1. The second kappa shape index (κ2) is 14.6. The number of aromatic nitrogens is 3. The molecular weight excluding hydrogens is 934 g/mol. The molecule has 16 heteroatoms. The number of anilines is 1. The summed E-state index contributed by atoms with van der Waals surface area (Å²) in [6.07, 6.45) is 2.11. The van der Waals surface area contributed by atoms with Crippen LogP contribution in [0, 0.1) is 21.0 Å². The Bertz CT molecular complexity index is 2350. The zero-order valence-electron chi connectivity index (χ0n) is 32.2. The first-order chi connectivity index (χ1) is 27.4. The van der Waals surface area contributed by atoms with Crippen LogP contribution in [0.3, 0.4) is 0 Å². The van der Waals surface area contributed by atoms with Gasteiger partial charge in [-0.1, -0.05) is 0 Å². The second-order valence-electron chi connectivity index (χ2n) is 16.5. The molecule has 0 spiro atoms. The van der Waals surface area contributed by atoms with E-state index in [0.717, 1.165) is 25.8 Å². The van der Waals surface area contributed by atoms with Gasteiger partial charge in [-0.05, 0) is 53.0 Å². The number of fused-ring (bicyclic) bond motifs is 7. The zero-order chi connectivity index (χ0) is 39.8. The van der Waals surface area contributed by atoms with Gasteiger partial charge >= 0.3 is 232 Å². The second-order valence-corrected chi connectivity index (χ2v) is 17.6. The van der Waals surface area contributed by atoms with Crippen molar-refractivity contribution in [2.75, 3.05) is 51.7 Å². The van der Waals surface area contributed by atoms with Gasteiger partial charge in [-0.3, -0.25) is 9.80 Å². The van der Waals surface area contributed by atoms with E-state index in [1.165, 1.54) is 13.2 Å². The van der Waals surface area contributed by atoms with Crippen molar-refractivity contribution in [1.29, 1.82) is 0 Å². The van der Waals surface area contributed by atoms with E-state index in [1.54, 1.807) is 18.2 Å². The third-order valence-electron chi connectivity index (χ3n) is 11.8. The first-order valence-corrected chi connectivity index (χ1v) is 21.6. The van der Waals surface area contributed by atoms with Crippen LogP contribution in [0.5, 0.6) is 17.6 Å². The van der Waals surface area contributed by atoms with Crippen molar-refractivity contribution in [2.45, 2.75) is 88.3 Å². The molecule has 0 radical (unpaired) electrons. The van der Waals surface area contributed by atoms with Gasteiger partial charge < -0.3 is 4.74 Å². The third-order valence-corrected chi connectivity index (χ3v) is 12.4. The van der Waals surface area contributed by atoms with Crippen LogP contribution < -0.4 is 19.1 Å². The van der Waals surface area contributed by atoms with Gasteiger partial charge in [0, 0.05) is 13.0 Å². The quantitative estimate of drug-likeness (QED) is 0.126. The molecule has 12 nitrogen and oxygen atoms in total. The predicted octanol–water partition coefficient (Wildman–Crippen LogP) is 5.89. The summed E-state index contributed by atoms with van der Waals surface area (Å²) in [4.78, 5) is 34.1. The molecule has 0 N–H and O–H groups in total. The van der Waals surface area contributed by atoms with Crippen molar-refractivity contribution >= 4 is 59.4 Å². The number of hydrogen-bond acceptors (Lipinski definition) is 11. The summed E-state index contributed by atoms with van der Waals surface area (Å²) in [6, 6.07) is 5.26. The van der Waals surface area contributed by atoms with Crippen LogP contribution in [0.15, 0.2) is 24.3 Å². The summed E-state index contributed by atoms with van der Waals surface area (Å²) >= 11 is 0.263. The Hall–Kier alpha value is -4.15. The molecule has 5 aliphatic rings. The molecule has 5 atom stereocenters. The van der Waals surface area contributed by atoms with Crippen molar-refractivity contribution in [1.82, 2.24) is 24.8 Å². The summed E-state index contributed by atoms with van der Waals surface area (Å²) in [7, 11) is 1.49. The molecule has 4 fully saturated rings. The van der Waals surface area contributed by atoms with Gasteiger partial charge in [0.15, 0.2) is 0 Å². The maximum atomic E-state index is 17.6.